The van der Waals surface area contributed by atoms with Gasteiger partial charge < -0.3 is 25.3 Å². The molecular formula is C32H39N7O2. The molecule has 214 valence electrons. The molecular weight excluding hydrogens is 514 g/mol. The normalized spacial score (nSPS) is 14.2. The minimum absolute atomic E-state index is 0.176. The van der Waals surface area contributed by atoms with E-state index in [9.17, 15) is 9.59 Å². The highest BCUT2D eigenvalue weighted by atomic mass is 16.2. The van der Waals surface area contributed by atoms with E-state index in [1.54, 1.807) is 24.0 Å². The maximum absolute atomic E-state index is 13.0. The van der Waals surface area contributed by atoms with Gasteiger partial charge >= 0.3 is 6.03 Å². The predicted octanol–water partition coefficient (Wildman–Crippen LogP) is 4.81. The summed E-state index contributed by atoms with van der Waals surface area (Å²) in [6.07, 6.45) is 4.45. The van der Waals surface area contributed by atoms with Crippen LogP contribution in [-0.2, 0) is 6.42 Å². The molecule has 9 nitrogen and oxygen atoms in total. The molecule has 1 saturated heterocycles. The molecule has 1 aliphatic rings. The van der Waals surface area contributed by atoms with Crippen LogP contribution in [0.1, 0.15) is 29.8 Å². The number of hydrogen-bond donors (Lipinski definition) is 2. The number of anilines is 3. The Hall–Kier alpha value is -4.21. The van der Waals surface area contributed by atoms with E-state index in [0.29, 0.717) is 11.4 Å². The molecule has 2 aromatic heterocycles. The number of fused-ring (bicyclic) bond motifs is 1. The van der Waals surface area contributed by atoms with Crippen molar-refractivity contribution in [3.8, 4) is 0 Å². The van der Waals surface area contributed by atoms with Gasteiger partial charge in [-0.25, -0.2) is 9.78 Å². The summed E-state index contributed by atoms with van der Waals surface area (Å²) in [6, 6.07) is 19.4. The van der Waals surface area contributed by atoms with E-state index in [1.165, 1.54) is 5.56 Å². The lowest BCUT2D eigenvalue weighted by Gasteiger charge is -2.34. The van der Waals surface area contributed by atoms with E-state index in [4.69, 9.17) is 0 Å². The largest absolute Gasteiger partial charge is 0.342 e. The Morgan fingerprint density at radius 3 is 2.34 bits per heavy atom. The van der Waals surface area contributed by atoms with E-state index in [-0.39, 0.29) is 11.9 Å². The molecule has 0 aliphatic carbocycles. The van der Waals surface area contributed by atoms with Crippen molar-refractivity contribution in [2.45, 2.75) is 20.3 Å². The number of aromatic nitrogens is 2. The Bertz CT molecular complexity index is 1490. The van der Waals surface area contributed by atoms with Gasteiger partial charge in [0, 0.05) is 87.1 Å². The molecule has 9 heteroatoms. The van der Waals surface area contributed by atoms with Crippen LogP contribution in [0.4, 0.5) is 22.0 Å². The van der Waals surface area contributed by atoms with E-state index in [0.717, 1.165) is 74.5 Å². The zero-order valence-electron chi connectivity index (χ0n) is 24.1. The summed E-state index contributed by atoms with van der Waals surface area (Å²) in [6.45, 7) is 11.7. The number of benzene rings is 2. The third kappa shape index (κ3) is 6.58. The lowest BCUT2D eigenvalue weighted by atomic mass is 10.1. The van der Waals surface area contributed by atoms with E-state index in [1.807, 2.05) is 54.6 Å². The number of rotatable bonds is 9. The van der Waals surface area contributed by atoms with Crippen molar-refractivity contribution in [2.24, 2.45) is 0 Å². The van der Waals surface area contributed by atoms with Gasteiger partial charge in [0.1, 0.15) is 5.82 Å². The first kappa shape index (κ1) is 28.3. The number of carbonyl (C=O) groups excluding carboxylic acids is 2. The van der Waals surface area contributed by atoms with E-state index >= 15 is 0 Å². The highest BCUT2D eigenvalue weighted by molar-refractivity contribution is 6.04. The number of carbonyl (C=O) groups is 2. The first-order chi connectivity index (χ1) is 20.0. The lowest BCUT2D eigenvalue weighted by Crippen LogP contribution is -2.46. The fourth-order valence-electron chi connectivity index (χ4n) is 5.39. The third-order valence-electron chi connectivity index (χ3n) is 7.88. The maximum atomic E-state index is 13.0. The summed E-state index contributed by atoms with van der Waals surface area (Å²) in [5.41, 5.74) is 4.59. The number of nitrogens with one attached hydrogen (secondary N) is 2. The topological polar surface area (TPSA) is 85.7 Å². The van der Waals surface area contributed by atoms with Gasteiger partial charge in [-0.1, -0.05) is 19.1 Å². The summed E-state index contributed by atoms with van der Waals surface area (Å²) in [7, 11) is 1.62. The molecule has 1 aliphatic heterocycles. The van der Waals surface area contributed by atoms with Crippen molar-refractivity contribution in [1.82, 2.24) is 24.7 Å². The van der Waals surface area contributed by atoms with Crippen LogP contribution in [-0.4, -0.2) is 84.2 Å². The summed E-state index contributed by atoms with van der Waals surface area (Å²) < 4.78 is 1.59. The molecule has 1 fully saturated rings. The van der Waals surface area contributed by atoms with Gasteiger partial charge in [-0.2, -0.15) is 0 Å². The molecule has 41 heavy (non-hydrogen) atoms. The van der Waals surface area contributed by atoms with E-state index < -0.39 is 0 Å². The van der Waals surface area contributed by atoms with E-state index in [2.05, 4.69) is 50.2 Å². The Kier molecular flexibility index (Phi) is 8.96. The summed E-state index contributed by atoms with van der Waals surface area (Å²) >= 11 is 0. The average molecular weight is 554 g/mol. The van der Waals surface area contributed by atoms with Crippen LogP contribution >= 0.6 is 0 Å². The summed E-state index contributed by atoms with van der Waals surface area (Å²) in [4.78, 5) is 36.7. The highest BCUT2D eigenvalue weighted by Gasteiger charge is 2.16. The molecule has 4 aromatic rings. The third-order valence-corrected chi connectivity index (χ3v) is 7.88. The van der Waals surface area contributed by atoms with Gasteiger partial charge in [0.05, 0.1) is 5.52 Å². The minimum Gasteiger partial charge on any atom is -0.342 e. The zero-order valence-corrected chi connectivity index (χ0v) is 24.1. The van der Waals surface area contributed by atoms with Crippen molar-refractivity contribution in [1.29, 1.82) is 0 Å². The fourth-order valence-corrected chi connectivity index (χ4v) is 5.39. The average Bonchev–Trinajstić information content (AvgIpc) is 3.44. The standard InChI is InChI=1S/C32H39N7O2/c1-4-36-18-20-37(21-19-36)16-13-24-6-8-25(9-7-24)31(40)35-30-23-28(12-15-34-30)38(5-2)27-10-11-29-26(22-27)14-17-39(29)32(41)33-3/h6-12,14-15,17,22-23H,4-5,13,16,18-21H2,1-3H3,(H,33,41)(H,34,35,40). The van der Waals surface area contributed by atoms with Crippen LogP contribution < -0.4 is 15.5 Å². The lowest BCUT2D eigenvalue weighted by molar-refractivity contribution is 0.102. The first-order valence-corrected chi connectivity index (χ1v) is 14.4. The highest BCUT2D eigenvalue weighted by Crippen LogP contribution is 2.30. The number of piperazine rings is 1. The fraction of sp³-hybridized carbons (Fsp3) is 0.344. The number of likely N-dealkylation sites (N-methyl/N-ethyl adjacent to an activating group) is 1. The Morgan fingerprint density at radius 2 is 1.63 bits per heavy atom. The van der Waals surface area contributed by atoms with Crippen molar-refractivity contribution in [3.05, 3.63) is 84.2 Å². The quantitative estimate of drug-likeness (QED) is 0.309. The molecule has 0 atom stereocenters. The molecule has 0 unspecified atom stereocenters. The second-order valence-corrected chi connectivity index (χ2v) is 10.3. The number of amides is 2. The van der Waals surface area contributed by atoms with Crippen molar-refractivity contribution in [3.63, 3.8) is 0 Å². The molecule has 0 spiro atoms. The molecule has 5 rings (SSSR count). The molecule has 2 aromatic carbocycles. The minimum atomic E-state index is -0.183. The number of hydrogen-bond acceptors (Lipinski definition) is 6. The SMILES string of the molecule is CCN1CCN(CCc2ccc(C(=O)Nc3cc(N(CC)c4ccc5c(ccn5C(=O)NC)c4)ccn3)cc2)CC1. The van der Waals surface area contributed by atoms with Gasteiger partial charge in [-0.3, -0.25) is 9.36 Å². The Balaban J connectivity index is 1.22. The Labute approximate surface area is 241 Å². The number of pyridine rings is 1. The molecule has 3 heterocycles. The van der Waals surface area contributed by atoms with Crippen molar-refractivity contribution < 1.29 is 9.59 Å². The Morgan fingerprint density at radius 1 is 0.902 bits per heavy atom. The smallest absolute Gasteiger partial charge is 0.325 e. The van der Waals surface area contributed by atoms with Gasteiger partial charge in [0.15, 0.2) is 0 Å². The van der Waals surface area contributed by atoms with Crippen LogP contribution in [0, 0.1) is 0 Å². The van der Waals surface area contributed by atoms with Gasteiger partial charge in [0.2, 0.25) is 0 Å². The second-order valence-electron chi connectivity index (χ2n) is 10.3. The van der Waals surface area contributed by atoms with Crippen LogP contribution in [0.15, 0.2) is 73.1 Å². The van der Waals surface area contributed by atoms with Crippen LogP contribution in [0.3, 0.4) is 0 Å². The van der Waals surface area contributed by atoms with Gasteiger partial charge in [0.25, 0.3) is 5.91 Å². The van der Waals surface area contributed by atoms with Crippen LogP contribution in [0.5, 0.6) is 0 Å². The zero-order chi connectivity index (χ0) is 28.8. The molecule has 2 N–H and O–H groups in total. The molecule has 0 bridgehead atoms. The van der Waals surface area contributed by atoms with Crippen LogP contribution in [0.2, 0.25) is 0 Å². The molecule has 2 amide bonds. The van der Waals surface area contributed by atoms with Gasteiger partial charge in [-0.05, 0) is 67.9 Å². The van der Waals surface area contributed by atoms with Gasteiger partial charge in [-0.15, -0.1) is 0 Å². The first-order valence-electron chi connectivity index (χ1n) is 14.4. The maximum Gasteiger partial charge on any atom is 0.325 e. The molecule has 0 radical (unpaired) electrons. The molecule has 0 saturated carbocycles. The van der Waals surface area contributed by atoms with Crippen molar-refractivity contribution in [2.75, 3.05) is 63.1 Å². The monoisotopic (exact) mass is 553 g/mol. The summed E-state index contributed by atoms with van der Waals surface area (Å²) in [5.74, 6) is 0.310. The summed E-state index contributed by atoms with van der Waals surface area (Å²) in [5, 5.41) is 6.58. The number of nitrogens with zero attached hydrogens (tertiary/aromatic N) is 5. The second kappa shape index (κ2) is 13.0. The van der Waals surface area contributed by atoms with Crippen molar-refractivity contribution >= 4 is 40.0 Å². The predicted molar refractivity (Wildman–Crippen MR) is 165 cm³/mol. The van der Waals surface area contributed by atoms with Crippen LogP contribution in [0.25, 0.3) is 10.9 Å².